The Bertz CT molecular complexity index is 922. The number of oxime groups is 1. The Hall–Kier alpha value is -3.46. The van der Waals surface area contributed by atoms with Crippen LogP contribution in [0.5, 0.6) is 0 Å². The molecule has 1 aliphatic carbocycles. The first kappa shape index (κ1) is 20.8. The molecule has 28 heavy (non-hydrogen) atoms. The molecule has 8 nitrogen and oxygen atoms in total. The van der Waals surface area contributed by atoms with Crippen molar-refractivity contribution in [3.05, 3.63) is 82.4 Å². The van der Waals surface area contributed by atoms with Gasteiger partial charge in [0.15, 0.2) is 11.5 Å². The first-order valence-electron chi connectivity index (χ1n) is 8.02. The van der Waals surface area contributed by atoms with Crippen molar-refractivity contribution < 1.29 is 19.0 Å². The fourth-order valence-corrected chi connectivity index (χ4v) is 2.15. The number of nitrogens with two attached hydrogens (primary N) is 1. The number of carbonyl (C=O) groups is 1. The lowest BCUT2D eigenvalue weighted by atomic mass is 10.2. The van der Waals surface area contributed by atoms with Crippen LogP contribution in [0.15, 0.2) is 75.3 Å². The summed E-state index contributed by atoms with van der Waals surface area (Å²) >= 11 is 5.47. The number of amides is 1. The van der Waals surface area contributed by atoms with Gasteiger partial charge in [-0.1, -0.05) is 58.3 Å². The predicted octanol–water partition coefficient (Wildman–Crippen LogP) is 3.02. The maximum Gasteiger partial charge on any atom is 0.251 e. The number of amidine groups is 1. The van der Waals surface area contributed by atoms with Gasteiger partial charge < -0.3 is 16.3 Å². The van der Waals surface area contributed by atoms with Gasteiger partial charge in [-0.15, -0.1) is 0 Å². The zero-order valence-electron chi connectivity index (χ0n) is 14.5. The molecule has 0 radical (unpaired) electrons. The van der Waals surface area contributed by atoms with Crippen molar-refractivity contribution in [2.24, 2.45) is 10.9 Å². The summed E-state index contributed by atoms with van der Waals surface area (Å²) in [6.07, 6.45) is 7.07. The molecule has 0 aliphatic heterocycles. The monoisotopic (exact) mass is 405 g/mol. The van der Waals surface area contributed by atoms with Crippen molar-refractivity contribution >= 4 is 23.3 Å². The van der Waals surface area contributed by atoms with Crippen LogP contribution in [0, 0.1) is 0 Å². The second-order valence-electron chi connectivity index (χ2n) is 5.34. The third kappa shape index (κ3) is 6.06. The minimum absolute atomic E-state index is 0.0583. The molecule has 0 saturated carbocycles. The highest BCUT2D eigenvalue weighted by molar-refractivity contribution is 6.30. The van der Waals surface area contributed by atoms with E-state index in [1.807, 2.05) is 12.1 Å². The highest BCUT2D eigenvalue weighted by Crippen LogP contribution is 2.18. The molecular formula is C18H17ClFN5O3. The number of halogens is 2. The van der Waals surface area contributed by atoms with Crippen molar-refractivity contribution in [2.75, 3.05) is 0 Å². The van der Waals surface area contributed by atoms with E-state index in [2.05, 4.69) is 25.4 Å². The Balaban J connectivity index is 0.000000261. The normalized spacial score (nSPS) is 13.6. The van der Waals surface area contributed by atoms with Crippen LogP contribution < -0.4 is 11.1 Å². The molecule has 0 bridgehead atoms. The quantitative estimate of drug-likeness (QED) is 0.310. The summed E-state index contributed by atoms with van der Waals surface area (Å²) in [6, 6.07) is 8.69. The van der Waals surface area contributed by atoms with Crippen LogP contribution in [-0.2, 0) is 6.54 Å². The van der Waals surface area contributed by atoms with Gasteiger partial charge in [0.05, 0.1) is 11.6 Å². The van der Waals surface area contributed by atoms with Crippen molar-refractivity contribution in [2.45, 2.75) is 13.0 Å². The number of hydrogen-bond donors (Lipinski definition) is 3. The molecule has 0 fully saturated rings. The highest BCUT2D eigenvalue weighted by Gasteiger charge is 2.15. The molecule has 10 heteroatoms. The number of nitrogens with one attached hydrogen (secondary N) is 1. The number of carbonyl (C=O) groups excluding carboxylic acids is 1. The van der Waals surface area contributed by atoms with E-state index >= 15 is 0 Å². The standard InChI is InChI=1S/C11H11N5O3.C7H6ClF/c12-10(14-18)9-8(15-19-16-9)6-13-11(17)7-4-2-1-3-5-7;8-6-4-2-1-3-5-7(6)9/h1-5,18H,6H2,(H2,12,14)(H,13,17);1-3,5H,4H2. The number of aromatic nitrogens is 2. The molecular weight excluding hydrogens is 389 g/mol. The molecule has 1 aromatic carbocycles. The topological polar surface area (TPSA) is 127 Å². The molecule has 4 N–H and O–H groups in total. The summed E-state index contributed by atoms with van der Waals surface area (Å²) in [5, 5.41) is 21.3. The van der Waals surface area contributed by atoms with Gasteiger partial charge in [-0.25, -0.2) is 9.02 Å². The molecule has 0 spiro atoms. The fourth-order valence-electron chi connectivity index (χ4n) is 2.00. The molecule has 1 aromatic heterocycles. The molecule has 1 aliphatic rings. The lowest BCUT2D eigenvalue weighted by Gasteiger charge is -2.03. The molecule has 2 aromatic rings. The van der Waals surface area contributed by atoms with Gasteiger partial charge >= 0.3 is 0 Å². The highest BCUT2D eigenvalue weighted by atomic mass is 35.5. The van der Waals surface area contributed by atoms with Gasteiger partial charge in [0.2, 0.25) is 0 Å². The first-order valence-corrected chi connectivity index (χ1v) is 8.40. The largest absolute Gasteiger partial charge is 0.409 e. The summed E-state index contributed by atoms with van der Waals surface area (Å²) in [5.74, 6) is -0.832. The Morgan fingerprint density at radius 3 is 2.79 bits per heavy atom. The minimum Gasteiger partial charge on any atom is -0.409 e. The van der Waals surface area contributed by atoms with E-state index in [-0.39, 0.29) is 40.5 Å². The van der Waals surface area contributed by atoms with Crippen LogP contribution in [0.3, 0.4) is 0 Å². The van der Waals surface area contributed by atoms with E-state index in [4.69, 9.17) is 22.5 Å². The molecule has 146 valence electrons. The van der Waals surface area contributed by atoms with Crippen LogP contribution >= 0.6 is 11.6 Å². The summed E-state index contributed by atoms with van der Waals surface area (Å²) in [5.41, 5.74) is 6.27. The molecule has 1 amide bonds. The van der Waals surface area contributed by atoms with E-state index in [1.165, 1.54) is 6.08 Å². The molecule has 1 heterocycles. The van der Waals surface area contributed by atoms with E-state index < -0.39 is 0 Å². The molecule has 3 rings (SSSR count). The smallest absolute Gasteiger partial charge is 0.251 e. The van der Waals surface area contributed by atoms with Crippen LogP contribution in [0.25, 0.3) is 0 Å². The SMILES string of the molecule is FC1=C(Cl)CC=CC=C1.N/C(=N\O)c1nonc1CNC(=O)c1ccccc1. The number of nitrogens with zero attached hydrogens (tertiary/aromatic N) is 3. The zero-order chi connectivity index (χ0) is 20.4. The van der Waals surface area contributed by atoms with Crippen molar-refractivity contribution in [1.29, 1.82) is 0 Å². The number of hydrogen-bond acceptors (Lipinski definition) is 6. The third-order valence-electron chi connectivity index (χ3n) is 3.41. The maximum absolute atomic E-state index is 12.5. The fraction of sp³-hybridized carbons (Fsp3) is 0.111. The first-order chi connectivity index (χ1) is 13.5. The average Bonchev–Trinajstić information content (AvgIpc) is 3.12. The van der Waals surface area contributed by atoms with Gasteiger partial charge in [-0.2, -0.15) is 0 Å². The average molecular weight is 406 g/mol. The van der Waals surface area contributed by atoms with Crippen LogP contribution in [-0.4, -0.2) is 27.3 Å². The summed E-state index contributed by atoms with van der Waals surface area (Å²) in [6.45, 7) is 0.0583. The van der Waals surface area contributed by atoms with Crippen LogP contribution in [0.4, 0.5) is 4.39 Å². The number of benzene rings is 1. The van der Waals surface area contributed by atoms with Gasteiger partial charge in [0.25, 0.3) is 5.91 Å². The Labute approximate surface area is 164 Å². The maximum atomic E-state index is 12.5. The number of rotatable bonds is 4. The van der Waals surface area contributed by atoms with E-state index in [9.17, 15) is 9.18 Å². The van der Waals surface area contributed by atoms with Gasteiger partial charge in [-0.3, -0.25) is 4.79 Å². The minimum atomic E-state index is -0.332. The van der Waals surface area contributed by atoms with Crippen LogP contribution in [0.1, 0.15) is 28.2 Å². The Morgan fingerprint density at radius 1 is 1.32 bits per heavy atom. The van der Waals surface area contributed by atoms with Gasteiger partial charge in [0, 0.05) is 12.0 Å². The summed E-state index contributed by atoms with van der Waals surface area (Å²) in [7, 11) is 0. The Kier molecular flexibility index (Phi) is 7.92. The number of allylic oxidation sites excluding steroid dienone is 6. The molecule has 0 atom stereocenters. The van der Waals surface area contributed by atoms with Crippen molar-refractivity contribution in [3.63, 3.8) is 0 Å². The van der Waals surface area contributed by atoms with Gasteiger partial charge in [0.1, 0.15) is 11.5 Å². The van der Waals surface area contributed by atoms with Gasteiger partial charge in [-0.05, 0) is 23.4 Å². The van der Waals surface area contributed by atoms with E-state index in [0.29, 0.717) is 12.0 Å². The van der Waals surface area contributed by atoms with E-state index in [1.54, 1.807) is 36.4 Å². The predicted molar refractivity (Wildman–Crippen MR) is 101 cm³/mol. The summed E-state index contributed by atoms with van der Waals surface area (Å²) in [4.78, 5) is 11.8. The molecule has 0 saturated heterocycles. The van der Waals surface area contributed by atoms with E-state index in [0.717, 1.165) is 0 Å². The van der Waals surface area contributed by atoms with Crippen molar-refractivity contribution in [1.82, 2.24) is 15.6 Å². The summed E-state index contributed by atoms with van der Waals surface area (Å²) < 4.78 is 16.9. The Morgan fingerprint density at radius 2 is 2.07 bits per heavy atom. The van der Waals surface area contributed by atoms with Crippen LogP contribution in [0.2, 0.25) is 0 Å². The second-order valence-corrected chi connectivity index (χ2v) is 5.79. The molecule has 0 unspecified atom stereocenters. The zero-order valence-corrected chi connectivity index (χ0v) is 15.3. The third-order valence-corrected chi connectivity index (χ3v) is 3.74. The second kappa shape index (κ2) is 10.6. The van der Waals surface area contributed by atoms with Crippen molar-refractivity contribution in [3.8, 4) is 0 Å². The lowest BCUT2D eigenvalue weighted by molar-refractivity contribution is 0.0950. The lowest BCUT2D eigenvalue weighted by Crippen LogP contribution is -2.25.